The lowest BCUT2D eigenvalue weighted by molar-refractivity contribution is -0.161. The fourth-order valence-electron chi connectivity index (χ4n) is 6.24. The summed E-state index contributed by atoms with van der Waals surface area (Å²) in [6.45, 7) is 2.81. The number of carbonyl (C=O) groups is 3. The van der Waals surface area contributed by atoms with Crippen molar-refractivity contribution in [1.82, 2.24) is 0 Å². The molecule has 0 bridgehead atoms. The topological polar surface area (TPSA) is 172 Å². The Morgan fingerprint density at radius 2 is 0.909 bits per heavy atom. The molecule has 3 atom stereocenters. The van der Waals surface area contributed by atoms with Gasteiger partial charge in [-0.25, -0.2) is 4.57 Å². The zero-order valence-electron chi connectivity index (χ0n) is 35.0. The summed E-state index contributed by atoms with van der Waals surface area (Å²) in [6, 6.07) is -1.52. The van der Waals surface area contributed by atoms with Crippen LogP contribution in [0.1, 0.15) is 213 Å². The highest BCUT2D eigenvalue weighted by molar-refractivity contribution is 7.47. The van der Waals surface area contributed by atoms with Gasteiger partial charge in [-0.1, -0.05) is 174 Å². The van der Waals surface area contributed by atoms with Crippen molar-refractivity contribution in [1.29, 1.82) is 0 Å². The molecule has 0 fully saturated rings. The maximum Gasteiger partial charge on any atom is 0.472 e. The van der Waals surface area contributed by atoms with Gasteiger partial charge in [0.15, 0.2) is 6.10 Å². The van der Waals surface area contributed by atoms with Gasteiger partial charge in [0.05, 0.1) is 13.2 Å². The van der Waals surface area contributed by atoms with Gasteiger partial charge in [0, 0.05) is 12.8 Å². The molecule has 0 heterocycles. The number of nitrogens with two attached hydrogens (primary N) is 1. The van der Waals surface area contributed by atoms with Crippen LogP contribution in [-0.2, 0) is 37.5 Å². The highest BCUT2D eigenvalue weighted by Crippen LogP contribution is 2.43. The number of aliphatic carboxylic acids is 1. The van der Waals surface area contributed by atoms with Gasteiger partial charge in [-0.3, -0.25) is 23.4 Å². The first-order valence-electron chi connectivity index (χ1n) is 22.2. The summed E-state index contributed by atoms with van der Waals surface area (Å²) >= 11 is 0. The molecule has 11 nitrogen and oxygen atoms in total. The molecule has 0 aromatic carbocycles. The lowest BCUT2D eigenvalue weighted by atomic mass is 10.0. The average Bonchev–Trinajstić information content (AvgIpc) is 3.16. The Hall–Kier alpha value is -1.78. The molecule has 0 saturated carbocycles. The normalized spacial score (nSPS) is 13.8. The monoisotopic (exact) mass is 804 g/mol. The SMILES string of the molecule is CCCCCCCCCC/C=C/CCCCCC(=O)OC[C@H](COP(=O)(O)OC[C@H](N)C(=O)O)OC(=O)CCCCCCCCCCCCCCCCCC. The number of phosphoric acid groups is 1. The largest absolute Gasteiger partial charge is 0.480 e. The van der Waals surface area contributed by atoms with Crippen LogP contribution < -0.4 is 5.73 Å². The minimum Gasteiger partial charge on any atom is -0.480 e. The Labute approximate surface area is 335 Å². The number of ether oxygens (including phenoxy) is 2. The van der Waals surface area contributed by atoms with Gasteiger partial charge in [-0.05, 0) is 38.5 Å². The molecule has 0 aliphatic heterocycles. The van der Waals surface area contributed by atoms with Gasteiger partial charge in [-0.15, -0.1) is 0 Å². The van der Waals surface area contributed by atoms with Crippen molar-refractivity contribution in [2.75, 3.05) is 19.8 Å². The fraction of sp³-hybridized carbons (Fsp3) is 0.884. The van der Waals surface area contributed by atoms with E-state index >= 15 is 0 Å². The molecule has 0 amide bonds. The molecule has 0 aliphatic rings. The van der Waals surface area contributed by atoms with Gasteiger partial charge < -0.3 is 25.2 Å². The highest BCUT2D eigenvalue weighted by atomic mass is 31.2. The number of carboxylic acids is 1. The quantitative estimate of drug-likeness (QED) is 0.0232. The van der Waals surface area contributed by atoms with Crippen LogP contribution in [0.15, 0.2) is 12.2 Å². The highest BCUT2D eigenvalue weighted by Gasteiger charge is 2.28. The summed E-state index contributed by atoms with van der Waals surface area (Å²) in [5.41, 5.74) is 5.33. The number of allylic oxidation sites excluding steroid dienone is 2. The third-order valence-corrected chi connectivity index (χ3v) is 10.7. The van der Waals surface area contributed by atoms with Gasteiger partial charge in [0.1, 0.15) is 12.6 Å². The Morgan fingerprint density at radius 1 is 0.545 bits per heavy atom. The van der Waals surface area contributed by atoms with Crippen molar-refractivity contribution < 1.29 is 47.5 Å². The fourth-order valence-corrected chi connectivity index (χ4v) is 7.02. The molecular formula is C43H82NO10P. The number of hydrogen-bond acceptors (Lipinski definition) is 9. The van der Waals surface area contributed by atoms with E-state index in [0.717, 1.165) is 44.9 Å². The summed E-state index contributed by atoms with van der Waals surface area (Å²) in [6.07, 6.45) is 38.4. The zero-order valence-corrected chi connectivity index (χ0v) is 35.9. The minimum atomic E-state index is -4.71. The van der Waals surface area contributed by atoms with Gasteiger partial charge in [0.2, 0.25) is 0 Å². The molecule has 12 heteroatoms. The first-order valence-corrected chi connectivity index (χ1v) is 23.7. The first kappa shape index (κ1) is 53.2. The van der Waals surface area contributed by atoms with E-state index in [-0.39, 0.29) is 19.4 Å². The third-order valence-electron chi connectivity index (χ3n) is 9.76. The van der Waals surface area contributed by atoms with Crippen LogP contribution in [0, 0.1) is 0 Å². The van der Waals surface area contributed by atoms with E-state index in [2.05, 4.69) is 30.5 Å². The van der Waals surface area contributed by atoms with Crippen LogP contribution in [0.5, 0.6) is 0 Å². The lowest BCUT2D eigenvalue weighted by Crippen LogP contribution is -2.34. The Bertz CT molecular complexity index is 995. The molecule has 0 rings (SSSR count). The molecule has 55 heavy (non-hydrogen) atoms. The molecule has 4 N–H and O–H groups in total. The summed E-state index contributed by atoms with van der Waals surface area (Å²) in [5, 5.41) is 8.89. The molecule has 0 saturated heterocycles. The predicted molar refractivity (Wildman–Crippen MR) is 222 cm³/mol. The number of esters is 2. The Morgan fingerprint density at radius 3 is 1.35 bits per heavy atom. The first-order chi connectivity index (χ1) is 26.6. The Kier molecular flexibility index (Phi) is 37.8. The van der Waals surface area contributed by atoms with Crippen LogP contribution in [-0.4, -0.2) is 59.9 Å². The molecule has 0 spiro atoms. The standard InChI is InChI=1S/C43H82NO10P/c1-3-5-7-9-11-13-15-17-19-21-23-25-27-29-31-33-35-42(46)54-39(37-52-55(49,50)53-38-40(44)43(47)48)36-51-41(45)34-32-30-28-26-24-22-20-18-16-14-12-10-8-6-4-2/h22,24,39-40H,3-21,23,25-38,44H2,1-2H3,(H,47,48)(H,49,50)/b24-22+/t39-,40+/m1/s1. The summed E-state index contributed by atoms with van der Waals surface area (Å²) in [5.74, 6) is -2.38. The Balaban J connectivity index is 4.34. The number of carboxylic acid groups (broad SMARTS) is 1. The van der Waals surface area contributed by atoms with Gasteiger partial charge in [-0.2, -0.15) is 0 Å². The second-order valence-electron chi connectivity index (χ2n) is 15.2. The van der Waals surface area contributed by atoms with Crippen molar-refractivity contribution in [2.24, 2.45) is 5.73 Å². The summed E-state index contributed by atoms with van der Waals surface area (Å²) < 4.78 is 32.7. The number of unbranched alkanes of at least 4 members (excludes halogenated alkanes) is 26. The molecule has 324 valence electrons. The number of hydrogen-bond donors (Lipinski definition) is 3. The third kappa shape index (κ3) is 38.9. The van der Waals surface area contributed by atoms with Crippen molar-refractivity contribution in [2.45, 2.75) is 225 Å². The molecule has 0 aliphatic carbocycles. The van der Waals surface area contributed by atoms with Crippen molar-refractivity contribution in [3.05, 3.63) is 12.2 Å². The van der Waals surface area contributed by atoms with Gasteiger partial charge >= 0.3 is 25.7 Å². The van der Waals surface area contributed by atoms with E-state index < -0.39 is 51.1 Å². The zero-order chi connectivity index (χ0) is 40.7. The minimum absolute atomic E-state index is 0.164. The van der Waals surface area contributed by atoms with E-state index in [4.69, 9.17) is 24.8 Å². The lowest BCUT2D eigenvalue weighted by Gasteiger charge is -2.20. The molecular weight excluding hydrogens is 721 g/mol. The molecule has 0 aromatic rings. The van der Waals surface area contributed by atoms with Crippen LogP contribution >= 0.6 is 7.82 Å². The van der Waals surface area contributed by atoms with E-state index in [9.17, 15) is 23.8 Å². The number of carbonyl (C=O) groups excluding carboxylic acids is 2. The van der Waals surface area contributed by atoms with Crippen LogP contribution in [0.25, 0.3) is 0 Å². The maximum absolute atomic E-state index is 12.6. The number of rotatable bonds is 42. The van der Waals surface area contributed by atoms with Crippen LogP contribution in [0.4, 0.5) is 0 Å². The average molecular weight is 804 g/mol. The van der Waals surface area contributed by atoms with E-state index in [1.165, 1.54) is 128 Å². The summed E-state index contributed by atoms with van der Waals surface area (Å²) in [4.78, 5) is 45.9. The van der Waals surface area contributed by atoms with E-state index in [0.29, 0.717) is 12.8 Å². The second-order valence-corrected chi connectivity index (χ2v) is 16.6. The van der Waals surface area contributed by atoms with Crippen molar-refractivity contribution in [3.63, 3.8) is 0 Å². The molecule has 0 radical (unpaired) electrons. The van der Waals surface area contributed by atoms with Crippen molar-refractivity contribution >= 4 is 25.7 Å². The van der Waals surface area contributed by atoms with E-state index in [1.807, 2.05) is 0 Å². The summed E-state index contributed by atoms with van der Waals surface area (Å²) in [7, 11) is -4.71. The maximum atomic E-state index is 12.6. The predicted octanol–water partition coefficient (Wildman–Crippen LogP) is 11.7. The van der Waals surface area contributed by atoms with Crippen LogP contribution in [0.2, 0.25) is 0 Å². The molecule has 0 aromatic heterocycles. The van der Waals surface area contributed by atoms with Crippen molar-refractivity contribution in [3.8, 4) is 0 Å². The smallest absolute Gasteiger partial charge is 0.472 e. The number of phosphoric ester groups is 1. The van der Waals surface area contributed by atoms with Crippen LogP contribution in [0.3, 0.4) is 0 Å². The second kappa shape index (κ2) is 39.1. The molecule has 1 unspecified atom stereocenters. The van der Waals surface area contributed by atoms with E-state index in [1.54, 1.807) is 0 Å². The van der Waals surface area contributed by atoms with Gasteiger partial charge in [0.25, 0.3) is 0 Å².